The number of esters is 5. The van der Waals surface area contributed by atoms with Gasteiger partial charge in [0.25, 0.3) is 0 Å². The summed E-state index contributed by atoms with van der Waals surface area (Å²) in [5.41, 5.74) is -10.9. The predicted octanol–water partition coefficient (Wildman–Crippen LogP) is 5.96. The molecule has 4 aliphatic rings. The fourth-order valence-corrected chi connectivity index (χ4v) is 13.3. The highest BCUT2D eigenvalue weighted by Gasteiger charge is 2.81. The molecule has 1 aromatic rings. The van der Waals surface area contributed by atoms with E-state index in [9.17, 15) is 39.0 Å². The lowest BCUT2D eigenvalue weighted by Gasteiger charge is -2.71. The number of hydrogen-bond acceptors (Lipinski definition) is 17. The third kappa shape index (κ3) is 10.4. The van der Waals surface area contributed by atoms with Crippen molar-refractivity contribution in [1.29, 1.82) is 0 Å². The number of ketones is 2. The van der Waals surface area contributed by atoms with Gasteiger partial charge in [0.2, 0.25) is 0 Å². The number of aliphatic hydroxyl groups is 2. The van der Waals surface area contributed by atoms with Gasteiger partial charge in [-0.25, -0.2) is 19.2 Å². The quantitative estimate of drug-likeness (QED) is 0.113. The molecule has 0 spiro atoms. The summed E-state index contributed by atoms with van der Waals surface area (Å²) in [7, 11) is 0. The summed E-state index contributed by atoms with van der Waals surface area (Å²) in [5.74, 6) is -8.00. The maximum absolute atomic E-state index is 15.9. The zero-order valence-electron chi connectivity index (χ0n) is 42.2. The smallest absolute Gasteiger partial charge is 0.338 e. The van der Waals surface area contributed by atoms with Crippen molar-refractivity contribution in [2.24, 2.45) is 39.4 Å². The van der Waals surface area contributed by atoms with Crippen molar-refractivity contribution in [3.05, 3.63) is 34.9 Å². The van der Waals surface area contributed by atoms with Gasteiger partial charge in [-0.1, -0.05) is 52.3 Å². The third-order valence-electron chi connectivity index (χ3n) is 16.3. The van der Waals surface area contributed by atoms with Crippen LogP contribution in [0.4, 0.5) is 0 Å². The van der Waals surface area contributed by atoms with Crippen LogP contribution in [0.1, 0.15) is 132 Å². The first-order chi connectivity index (χ1) is 32.0. The van der Waals surface area contributed by atoms with E-state index >= 15 is 4.79 Å². The minimum absolute atomic E-state index is 0.0184. The molecule has 18 heteroatoms. The Kier molecular flexibility index (Phi) is 17.0. The Labute approximate surface area is 410 Å². The van der Waals surface area contributed by atoms with Gasteiger partial charge in [0.05, 0.1) is 11.7 Å². The van der Waals surface area contributed by atoms with Crippen molar-refractivity contribution in [3.8, 4) is 0 Å². The van der Waals surface area contributed by atoms with E-state index in [1.54, 1.807) is 74.4 Å². The predicted molar refractivity (Wildman–Crippen MR) is 247 cm³/mol. The molecule has 12 atom stereocenters. The van der Waals surface area contributed by atoms with E-state index < -0.39 is 136 Å². The molecule has 69 heavy (non-hydrogen) atoms. The number of carbonyl (C=O) groups is 7. The van der Waals surface area contributed by atoms with Gasteiger partial charge in [-0.3, -0.25) is 14.4 Å². The van der Waals surface area contributed by atoms with Gasteiger partial charge in [0.1, 0.15) is 55.1 Å². The summed E-state index contributed by atoms with van der Waals surface area (Å²) in [5, 5.41) is 26.1. The van der Waals surface area contributed by atoms with Gasteiger partial charge in [-0.15, -0.1) is 0 Å². The van der Waals surface area contributed by atoms with Crippen LogP contribution in [0, 0.1) is 39.4 Å². The highest BCUT2D eigenvalue weighted by atomic mass is 35.5. The van der Waals surface area contributed by atoms with Crippen molar-refractivity contribution < 1.29 is 81.7 Å². The van der Waals surface area contributed by atoms with Crippen molar-refractivity contribution in [2.75, 3.05) is 39.6 Å². The Morgan fingerprint density at radius 1 is 0.783 bits per heavy atom. The van der Waals surface area contributed by atoms with Crippen molar-refractivity contribution in [2.45, 2.75) is 163 Å². The van der Waals surface area contributed by atoms with E-state index in [1.165, 1.54) is 26.0 Å². The highest BCUT2D eigenvalue weighted by Crippen LogP contribution is 2.76. The number of benzene rings is 1. The average Bonchev–Trinajstić information content (AvgIpc) is 3.48. The molecule has 5 rings (SSSR count). The number of hydrogen-bond donors (Lipinski definition) is 2. The fraction of sp³-hybridized carbons (Fsp3) is 0.745. The second kappa shape index (κ2) is 21.0. The maximum Gasteiger partial charge on any atom is 0.338 e. The Morgan fingerprint density at radius 2 is 1.33 bits per heavy atom. The summed E-state index contributed by atoms with van der Waals surface area (Å²) in [6.07, 6.45) is -6.34. The Morgan fingerprint density at radius 3 is 1.87 bits per heavy atom. The first kappa shape index (κ1) is 55.9. The second-order valence-corrected chi connectivity index (χ2v) is 21.6. The molecule has 1 unspecified atom stereocenters. The number of halogens is 1. The molecule has 4 aliphatic carbocycles. The molecular weight excluding hydrogens is 920 g/mol. The van der Waals surface area contributed by atoms with Crippen LogP contribution < -0.4 is 0 Å². The molecule has 0 heterocycles. The van der Waals surface area contributed by atoms with Gasteiger partial charge in [0.15, 0.2) is 11.4 Å². The molecule has 0 radical (unpaired) electrons. The molecule has 4 fully saturated rings. The monoisotopic (exact) mass is 992 g/mol. The number of aliphatic hydroxyl groups excluding tert-OH is 1. The van der Waals surface area contributed by atoms with Gasteiger partial charge in [-0.05, 0) is 102 Å². The van der Waals surface area contributed by atoms with Crippen molar-refractivity contribution in [3.63, 3.8) is 0 Å². The Bertz CT molecular complexity index is 2120. The molecule has 0 aliphatic heterocycles. The summed E-state index contributed by atoms with van der Waals surface area (Å²) < 4.78 is 46.7. The number of ether oxygens (including phenoxy) is 8. The Hall–Kier alpha value is -4.00. The number of Topliss-reactive ketones (excluding diaryl/α,β-unsaturated/α-hetero) is 2. The molecule has 0 amide bonds. The van der Waals surface area contributed by atoms with Crippen molar-refractivity contribution >= 4 is 53.0 Å². The molecule has 2 N–H and O–H groups in total. The van der Waals surface area contributed by atoms with Crippen LogP contribution >= 0.6 is 11.6 Å². The minimum Gasteiger partial charge on any atom is -0.460 e. The number of carbonyl (C=O) groups excluding carboxylic acids is 7. The molecule has 386 valence electrons. The molecule has 17 nitrogen and oxygen atoms in total. The lowest BCUT2D eigenvalue weighted by atomic mass is 9.34. The van der Waals surface area contributed by atoms with Crippen molar-refractivity contribution in [1.82, 2.24) is 0 Å². The van der Waals surface area contributed by atoms with E-state index in [1.807, 2.05) is 6.92 Å². The largest absolute Gasteiger partial charge is 0.460 e. The van der Waals surface area contributed by atoms with Crippen LogP contribution in [0.5, 0.6) is 0 Å². The lowest BCUT2D eigenvalue weighted by molar-refractivity contribution is -0.315. The fourth-order valence-electron chi connectivity index (χ4n) is 13.1. The van der Waals surface area contributed by atoms with E-state index in [0.717, 1.165) is 0 Å². The zero-order valence-corrected chi connectivity index (χ0v) is 43.0. The molecule has 4 saturated carbocycles. The van der Waals surface area contributed by atoms with Crippen LogP contribution in [0.2, 0.25) is 5.02 Å². The van der Waals surface area contributed by atoms with Crippen LogP contribution in [0.25, 0.3) is 0 Å². The molecule has 0 saturated heterocycles. The summed E-state index contributed by atoms with van der Waals surface area (Å²) in [6, 6.07) is 6.02. The number of rotatable bonds is 20. The van der Waals surface area contributed by atoms with Gasteiger partial charge in [0, 0.05) is 67.3 Å². The summed E-state index contributed by atoms with van der Waals surface area (Å²) in [6.45, 7) is 18.9. The van der Waals surface area contributed by atoms with Gasteiger partial charge < -0.3 is 48.1 Å². The first-order valence-electron chi connectivity index (χ1n) is 24.0. The molecule has 1 aromatic carbocycles. The molecular formula is C51H73ClO17. The minimum atomic E-state index is -2.22. The van der Waals surface area contributed by atoms with E-state index in [4.69, 9.17) is 49.5 Å². The SMILES string of the molecule is CCOCC(=O)O[C@H]1C[C@H]2[C@]3(C)C(=O)C[C@]4(C)C([C@@](C)(O)C(=O)CCC(C)(C)OC(C)=O)[C@H](OC(=O)COCC)C[C@@]4(C)[C@@H]3C[C@@H](O)[C@@]2(OC(=O)c2cccc(Cl)c2)C(C)(C)[C@@H]1OC(=O)COCC. The topological polar surface area (TPSA) is 234 Å². The van der Waals surface area contributed by atoms with Gasteiger partial charge in [-0.2, -0.15) is 0 Å². The standard InChI is InChI=1S/C51H73ClO17/c1-13-62-26-39(57)65-32-22-35-49(11)34(23-37(55)51(35,69-44(60)30-17-16-18-31(52)21-30)46(7,8)43(32)67-41(59)28-64-15-3)47(9)24-33(66-40(58)27-63-14-2)42(48(47,10)25-38(49)56)50(12,61)36(54)19-20-45(5,6)68-29(4)53/h16-18,21,32-35,37,42-43,55,61H,13-15,19-20,22-28H2,1-12H3/t32-,33+,34-,35-,37+,42?,43+,47-,48+,49+,50-,51+/m0/s1. The lowest BCUT2D eigenvalue weighted by Crippen LogP contribution is -2.79. The normalized spacial score (nSPS) is 33.4. The third-order valence-corrected chi connectivity index (χ3v) is 16.5. The van der Waals surface area contributed by atoms with Gasteiger partial charge >= 0.3 is 29.8 Å². The van der Waals surface area contributed by atoms with E-state index in [2.05, 4.69) is 0 Å². The maximum atomic E-state index is 15.9. The number of fused-ring (bicyclic) bond motifs is 5. The molecule has 0 aromatic heterocycles. The highest BCUT2D eigenvalue weighted by molar-refractivity contribution is 6.30. The average molecular weight is 994 g/mol. The van der Waals surface area contributed by atoms with E-state index in [-0.39, 0.29) is 74.7 Å². The summed E-state index contributed by atoms with van der Waals surface area (Å²) in [4.78, 5) is 97.4. The van der Waals surface area contributed by atoms with Crippen LogP contribution in [-0.2, 0) is 66.7 Å². The van der Waals surface area contributed by atoms with Crippen LogP contribution in [0.15, 0.2) is 24.3 Å². The zero-order chi connectivity index (χ0) is 51.7. The Balaban J connectivity index is 1.72. The first-order valence-corrected chi connectivity index (χ1v) is 24.4. The van der Waals surface area contributed by atoms with E-state index in [0.29, 0.717) is 0 Å². The second-order valence-electron chi connectivity index (χ2n) is 21.2. The summed E-state index contributed by atoms with van der Waals surface area (Å²) >= 11 is 6.35. The van der Waals surface area contributed by atoms with Crippen LogP contribution in [-0.4, -0.2) is 132 Å². The molecule has 0 bridgehead atoms. The van der Waals surface area contributed by atoms with Crippen LogP contribution in [0.3, 0.4) is 0 Å².